The highest BCUT2D eigenvalue weighted by atomic mass is 16.2. The van der Waals surface area contributed by atoms with Gasteiger partial charge in [0.1, 0.15) is 0 Å². The summed E-state index contributed by atoms with van der Waals surface area (Å²) in [5.74, 6) is -1.55. The van der Waals surface area contributed by atoms with Crippen LogP contribution in [0.15, 0.2) is 48.5 Å². The molecule has 0 aliphatic carbocycles. The van der Waals surface area contributed by atoms with Crippen LogP contribution in [-0.2, 0) is 9.59 Å². The number of nitriles is 1. The van der Waals surface area contributed by atoms with Gasteiger partial charge in [-0.15, -0.1) is 0 Å². The fraction of sp³-hybridized carbons (Fsp3) is 0.211. The Balaban J connectivity index is 1.99. The molecule has 2 aromatic rings. The number of amides is 2. The van der Waals surface area contributed by atoms with Crippen molar-refractivity contribution in [3.8, 4) is 6.07 Å². The molecule has 0 saturated heterocycles. The van der Waals surface area contributed by atoms with Gasteiger partial charge in [-0.2, -0.15) is 5.26 Å². The number of benzene rings is 2. The van der Waals surface area contributed by atoms with Crippen LogP contribution in [-0.4, -0.2) is 24.9 Å². The summed E-state index contributed by atoms with van der Waals surface area (Å²) in [6, 6.07) is 15.7. The summed E-state index contributed by atoms with van der Waals surface area (Å²) in [6.45, 7) is 5.94. The number of hydrogen-bond donors (Lipinski definition) is 2. The van der Waals surface area contributed by atoms with Gasteiger partial charge in [0.15, 0.2) is 0 Å². The van der Waals surface area contributed by atoms with Crippen LogP contribution in [0.1, 0.15) is 19.4 Å². The van der Waals surface area contributed by atoms with Gasteiger partial charge in [0.25, 0.3) is 0 Å². The summed E-state index contributed by atoms with van der Waals surface area (Å²) in [4.78, 5) is 26.2. The molecule has 0 atom stereocenters. The zero-order valence-electron chi connectivity index (χ0n) is 14.2. The van der Waals surface area contributed by atoms with E-state index in [2.05, 4.69) is 29.4 Å². The summed E-state index contributed by atoms with van der Waals surface area (Å²) in [5.41, 5.74) is 2.41. The number of hydrogen-bond acceptors (Lipinski definition) is 4. The molecule has 6 heteroatoms. The first-order valence-electron chi connectivity index (χ1n) is 8.04. The number of nitrogens with one attached hydrogen (secondary N) is 2. The molecule has 2 N–H and O–H groups in total. The number of anilines is 3. The highest BCUT2D eigenvalue weighted by Crippen LogP contribution is 2.18. The monoisotopic (exact) mass is 336 g/mol. The highest BCUT2D eigenvalue weighted by molar-refractivity contribution is 6.43. The standard InChI is InChI=1S/C19H20N4O2/c1-3-23(4-2)17-10-8-15(9-11-17)21-18(24)19(25)22-16-7-5-6-14(12-16)13-20/h5-12H,3-4H2,1-2H3,(H,21,24)(H,22,25). The van der Waals surface area contributed by atoms with Gasteiger partial charge in [-0.25, -0.2) is 0 Å². The molecule has 0 bridgehead atoms. The Bertz CT molecular complexity index is 790. The summed E-state index contributed by atoms with van der Waals surface area (Å²) in [6.07, 6.45) is 0. The third kappa shape index (κ3) is 4.82. The van der Waals surface area contributed by atoms with Crippen LogP contribution in [0.4, 0.5) is 17.1 Å². The summed E-state index contributed by atoms with van der Waals surface area (Å²) >= 11 is 0. The molecule has 0 spiro atoms. The van der Waals surface area contributed by atoms with Crippen LogP contribution in [0.3, 0.4) is 0 Å². The van der Waals surface area contributed by atoms with E-state index >= 15 is 0 Å². The van der Waals surface area contributed by atoms with Gasteiger partial charge in [0.2, 0.25) is 0 Å². The summed E-state index contributed by atoms with van der Waals surface area (Å²) in [7, 11) is 0. The van der Waals surface area contributed by atoms with Crippen LogP contribution >= 0.6 is 0 Å². The molecule has 0 aliphatic heterocycles. The van der Waals surface area contributed by atoms with Crippen molar-refractivity contribution in [1.82, 2.24) is 0 Å². The molecule has 0 aromatic heterocycles. The molecule has 2 aromatic carbocycles. The lowest BCUT2D eigenvalue weighted by Crippen LogP contribution is -2.29. The van der Waals surface area contributed by atoms with Crippen molar-refractivity contribution in [2.24, 2.45) is 0 Å². The van der Waals surface area contributed by atoms with Crippen LogP contribution in [0.5, 0.6) is 0 Å². The predicted octanol–water partition coefficient (Wildman–Crippen LogP) is 2.98. The Morgan fingerprint density at radius 2 is 1.56 bits per heavy atom. The molecule has 25 heavy (non-hydrogen) atoms. The minimum Gasteiger partial charge on any atom is -0.372 e. The molecular weight excluding hydrogens is 316 g/mol. The number of nitrogens with zero attached hydrogens (tertiary/aromatic N) is 2. The molecule has 0 radical (unpaired) electrons. The molecule has 128 valence electrons. The second-order valence-corrected chi connectivity index (χ2v) is 5.32. The fourth-order valence-electron chi connectivity index (χ4n) is 2.39. The smallest absolute Gasteiger partial charge is 0.314 e. The molecule has 0 heterocycles. The van der Waals surface area contributed by atoms with Crippen molar-refractivity contribution >= 4 is 28.9 Å². The quantitative estimate of drug-likeness (QED) is 0.822. The van der Waals surface area contributed by atoms with E-state index in [1.165, 1.54) is 6.07 Å². The SMILES string of the molecule is CCN(CC)c1ccc(NC(=O)C(=O)Nc2cccc(C#N)c2)cc1. The Kier molecular flexibility index (Phi) is 6.13. The lowest BCUT2D eigenvalue weighted by molar-refractivity contribution is -0.132. The Labute approximate surface area is 147 Å². The Morgan fingerprint density at radius 3 is 2.12 bits per heavy atom. The molecular formula is C19H20N4O2. The first kappa shape index (κ1) is 18.0. The van der Waals surface area contributed by atoms with E-state index in [1.807, 2.05) is 18.2 Å². The van der Waals surface area contributed by atoms with Crippen LogP contribution in [0.2, 0.25) is 0 Å². The van der Waals surface area contributed by atoms with Crippen molar-refractivity contribution in [2.75, 3.05) is 28.6 Å². The lowest BCUT2D eigenvalue weighted by atomic mass is 10.2. The Morgan fingerprint density at radius 1 is 0.960 bits per heavy atom. The maximum atomic E-state index is 12.0. The van der Waals surface area contributed by atoms with E-state index < -0.39 is 11.8 Å². The summed E-state index contributed by atoms with van der Waals surface area (Å²) < 4.78 is 0. The minimum absolute atomic E-state index is 0.399. The molecule has 0 unspecified atom stereocenters. The maximum Gasteiger partial charge on any atom is 0.314 e. The van der Waals surface area contributed by atoms with Crippen molar-refractivity contribution in [3.63, 3.8) is 0 Å². The van der Waals surface area contributed by atoms with Gasteiger partial charge < -0.3 is 15.5 Å². The van der Waals surface area contributed by atoms with E-state index in [4.69, 9.17) is 5.26 Å². The van der Waals surface area contributed by atoms with Crippen LogP contribution in [0, 0.1) is 11.3 Å². The van der Waals surface area contributed by atoms with E-state index in [0.717, 1.165) is 18.8 Å². The van der Waals surface area contributed by atoms with E-state index in [1.54, 1.807) is 30.3 Å². The molecule has 0 aliphatic rings. The van der Waals surface area contributed by atoms with E-state index in [0.29, 0.717) is 16.9 Å². The second-order valence-electron chi connectivity index (χ2n) is 5.32. The van der Waals surface area contributed by atoms with Crippen molar-refractivity contribution < 1.29 is 9.59 Å². The third-order valence-electron chi connectivity index (χ3n) is 3.71. The first-order chi connectivity index (χ1) is 12.1. The van der Waals surface area contributed by atoms with Gasteiger partial charge in [-0.1, -0.05) is 6.07 Å². The maximum absolute atomic E-state index is 12.0. The van der Waals surface area contributed by atoms with Gasteiger partial charge >= 0.3 is 11.8 Å². The largest absolute Gasteiger partial charge is 0.372 e. The molecule has 2 rings (SSSR count). The normalized spacial score (nSPS) is 9.80. The molecule has 0 fully saturated rings. The third-order valence-corrected chi connectivity index (χ3v) is 3.71. The number of carbonyl (C=O) groups is 2. The van der Waals surface area contributed by atoms with Gasteiger partial charge in [-0.3, -0.25) is 9.59 Å². The molecule has 6 nitrogen and oxygen atoms in total. The molecule has 0 saturated carbocycles. The van der Waals surface area contributed by atoms with Crippen LogP contribution < -0.4 is 15.5 Å². The van der Waals surface area contributed by atoms with E-state index in [9.17, 15) is 9.59 Å². The zero-order chi connectivity index (χ0) is 18.2. The van der Waals surface area contributed by atoms with Crippen molar-refractivity contribution in [1.29, 1.82) is 5.26 Å². The number of carbonyl (C=O) groups excluding carboxylic acids is 2. The van der Waals surface area contributed by atoms with Gasteiger partial charge in [0.05, 0.1) is 11.6 Å². The summed E-state index contributed by atoms with van der Waals surface area (Å²) in [5, 5.41) is 13.9. The lowest BCUT2D eigenvalue weighted by Gasteiger charge is -2.21. The van der Waals surface area contributed by atoms with Gasteiger partial charge in [0, 0.05) is 30.2 Å². The fourth-order valence-corrected chi connectivity index (χ4v) is 2.39. The topological polar surface area (TPSA) is 85.2 Å². The Hall–Kier alpha value is -3.33. The molecule has 2 amide bonds. The predicted molar refractivity (Wildman–Crippen MR) is 98.4 cm³/mol. The first-order valence-corrected chi connectivity index (χ1v) is 8.04. The highest BCUT2D eigenvalue weighted by Gasteiger charge is 2.14. The zero-order valence-corrected chi connectivity index (χ0v) is 14.2. The van der Waals surface area contributed by atoms with Crippen molar-refractivity contribution in [2.45, 2.75) is 13.8 Å². The van der Waals surface area contributed by atoms with Gasteiger partial charge in [-0.05, 0) is 56.3 Å². The minimum atomic E-state index is -0.789. The van der Waals surface area contributed by atoms with E-state index in [-0.39, 0.29) is 0 Å². The van der Waals surface area contributed by atoms with Crippen molar-refractivity contribution in [3.05, 3.63) is 54.1 Å². The number of rotatable bonds is 5. The average Bonchev–Trinajstić information content (AvgIpc) is 2.64. The average molecular weight is 336 g/mol. The second kappa shape index (κ2) is 8.50. The van der Waals surface area contributed by atoms with Crippen LogP contribution in [0.25, 0.3) is 0 Å².